The SMILES string of the molecule is CN1CCc2cc(N(C)C)c(S(=O)(=O)c3ccc(COc4ccc(F)cc4)cc3)cc2CC1. The van der Waals surface area contributed by atoms with Crippen LogP contribution < -0.4 is 9.64 Å². The van der Waals surface area contributed by atoms with E-state index in [-0.39, 0.29) is 17.3 Å². The van der Waals surface area contributed by atoms with Gasteiger partial charge in [-0.15, -0.1) is 0 Å². The maximum atomic E-state index is 13.6. The Morgan fingerprint density at radius 1 is 0.939 bits per heavy atom. The van der Waals surface area contributed by atoms with E-state index in [2.05, 4.69) is 11.9 Å². The molecule has 0 saturated heterocycles. The van der Waals surface area contributed by atoms with Crippen LogP contribution in [0.15, 0.2) is 70.5 Å². The zero-order valence-electron chi connectivity index (χ0n) is 19.2. The topological polar surface area (TPSA) is 49.9 Å². The molecule has 33 heavy (non-hydrogen) atoms. The molecule has 174 valence electrons. The van der Waals surface area contributed by atoms with E-state index in [1.54, 1.807) is 36.4 Å². The van der Waals surface area contributed by atoms with E-state index in [4.69, 9.17) is 4.74 Å². The molecule has 0 aromatic heterocycles. The van der Waals surface area contributed by atoms with Crippen LogP contribution in [0.5, 0.6) is 5.75 Å². The largest absolute Gasteiger partial charge is 0.489 e. The molecule has 1 heterocycles. The predicted molar refractivity (Wildman–Crippen MR) is 128 cm³/mol. The van der Waals surface area contributed by atoms with Crippen LogP contribution in [0, 0.1) is 5.82 Å². The number of anilines is 1. The summed E-state index contributed by atoms with van der Waals surface area (Å²) < 4.78 is 45.9. The van der Waals surface area contributed by atoms with E-state index in [0.717, 1.165) is 37.1 Å². The van der Waals surface area contributed by atoms with Crippen molar-refractivity contribution in [1.29, 1.82) is 0 Å². The summed E-state index contributed by atoms with van der Waals surface area (Å²) in [6.45, 7) is 2.14. The number of fused-ring (bicyclic) bond motifs is 1. The molecule has 0 amide bonds. The van der Waals surface area contributed by atoms with Crippen LogP contribution in [0.2, 0.25) is 0 Å². The Labute approximate surface area is 195 Å². The van der Waals surface area contributed by atoms with Crippen LogP contribution >= 0.6 is 0 Å². The molecule has 3 aromatic rings. The lowest BCUT2D eigenvalue weighted by molar-refractivity contribution is 0.305. The summed E-state index contributed by atoms with van der Waals surface area (Å²) in [6, 6.07) is 16.5. The minimum Gasteiger partial charge on any atom is -0.489 e. The predicted octanol–water partition coefficient (Wildman–Crippen LogP) is 4.33. The van der Waals surface area contributed by atoms with Gasteiger partial charge in [-0.05, 0) is 85.1 Å². The Morgan fingerprint density at radius 2 is 1.55 bits per heavy atom. The normalized spacial score (nSPS) is 14.4. The lowest BCUT2D eigenvalue weighted by atomic mass is 10.0. The molecule has 0 radical (unpaired) electrons. The van der Waals surface area contributed by atoms with Crippen molar-refractivity contribution in [1.82, 2.24) is 4.90 Å². The van der Waals surface area contributed by atoms with E-state index < -0.39 is 9.84 Å². The molecule has 0 bridgehead atoms. The third-order valence-electron chi connectivity index (χ3n) is 6.03. The Morgan fingerprint density at radius 3 is 2.15 bits per heavy atom. The summed E-state index contributed by atoms with van der Waals surface area (Å²) in [4.78, 5) is 4.73. The highest BCUT2D eigenvalue weighted by Gasteiger charge is 2.25. The lowest BCUT2D eigenvalue weighted by Crippen LogP contribution is -2.20. The second kappa shape index (κ2) is 9.53. The molecule has 5 nitrogen and oxygen atoms in total. The van der Waals surface area contributed by atoms with Gasteiger partial charge in [0.05, 0.1) is 15.5 Å². The quantitative estimate of drug-likeness (QED) is 0.539. The average Bonchev–Trinajstić information content (AvgIpc) is 2.99. The molecule has 0 spiro atoms. The Kier molecular flexibility index (Phi) is 6.72. The summed E-state index contributed by atoms with van der Waals surface area (Å²) in [7, 11) is 2.14. The molecule has 0 unspecified atom stereocenters. The van der Waals surface area contributed by atoms with Crippen molar-refractivity contribution < 1.29 is 17.5 Å². The van der Waals surface area contributed by atoms with Crippen molar-refractivity contribution in [3.63, 3.8) is 0 Å². The van der Waals surface area contributed by atoms with Crippen molar-refractivity contribution in [2.75, 3.05) is 39.1 Å². The standard InChI is InChI=1S/C26H29FN2O3S/c1-28(2)25-16-20-12-14-29(3)15-13-21(20)17-26(25)33(30,31)24-10-4-19(5-11-24)18-32-23-8-6-22(27)7-9-23/h4-11,16-17H,12-15,18H2,1-3H3. The highest BCUT2D eigenvalue weighted by molar-refractivity contribution is 7.91. The monoisotopic (exact) mass is 468 g/mol. The Bertz CT molecular complexity index is 1220. The highest BCUT2D eigenvalue weighted by atomic mass is 32.2. The first-order valence-electron chi connectivity index (χ1n) is 11.0. The maximum Gasteiger partial charge on any atom is 0.208 e. The first kappa shape index (κ1) is 23.3. The zero-order chi connectivity index (χ0) is 23.6. The van der Waals surface area contributed by atoms with Crippen LogP contribution in [0.25, 0.3) is 0 Å². The number of hydrogen-bond donors (Lipinski definition) is 0. The van der Waals surface area contributed by atoms with E-state index >= 15 is 0 Å². The lowest BCUT2D eigenvalue weighted by Gasteiger charge is -2.21. The first-order chi connectivity index (χ1) is 15.7. The average molecular weight is 469 g/mol. The number of sulfone groups is 1. The third-order valence-corrected chi connectivity index (χ3v) is 7.83. The van der Waals surface area contributed by atoms with Gasteiger partial charge in [-0.1, -0.05) is 12.1 Å². The van der Waals surface area contributed by atoms with Gasteiger partial charge in [-0.2, -0.15) is 0 Å². The maximum absolute atomic E-state index is 13.6. The van der Waals surface area contributed by atoms with Gasteiger partial charge < -0.3 is 14.5 Å². The zero-order valence-corrected chi connectivity index (χ0v) is 20.0. The van der Waals surface area contributed by atoms with Gasteiger partial charge in [0.1, 0.15) is 18.2 Å². The van der Waals surface area contributed by atoms with E-state index in [1.165, 1.54) is 17.7 Å². The molecule has 3 aromatic carbocycles. The minimum atomic E-state index is -3.70. The number of halogens is 1. The summed E-state index contributed by atoms with van der Waals surface area (Å²) in [5.41, 5.74) is 3.86. The van der Waals surface area contributed by atoms with Gasteiger partial charge in [-0.3, -0.25) is 0 Å². The van der Waals surface area contributed by atoms with Crippen molar-refractivity contribution in [2.24, 2.45) is 0 Å². The van der Waals surface area contributed by atoms with E-state index in [0.29, 0.717) is 16.3 Å². The van der Waals surface area contributed by atoms with Crippen LogP contribution in [0.1, 0.15) is 16.7 Å². The smallest absolute Gasteiger partial charge is 0.208 e. The molecule has 0 N–H and O–H groups in total. The Balaban J connectivity index is 1.60. The fraction of sp³-hybridized carbons (Fsp3) is 0.308. The summed E-state index contributed by atoms with van der Waals surface area (Å²) >= 11 is 0. The van der Waals surface area contributed by atoms with Gasteiger partial charge in [0.2, 0.25) is 9.84 Å². The molecule has 0 aliphatic carbocycles. The molecule has 1 aliphatic rings. The van der Waals surface area contributed by atoms with Crippen molar-refractivity contribution in [2.45, 2.75) is 29.2 Å². The Hall–Kier alpha value is -2.90. The number of benzene rings is 3. The highest BCUT2D eigenvalue weighted by Crippen LogP contribution is 2.33. The number of rotatable bonds is 6. The van der Waals surface area contributed by atoms with Gasteiger partial charge in [0, 0.05) is 27.2 Å². The van der Waals surface area contributed by atoms with Crippen LogP contribution in [0.4, 0.5) is 10.1 Å². The second-order valence-corrected chi connectivity index (χ2v) is 10.6. The third kappa shape index (κ3) is 5.20. The molecule has 7 heteroatoms. The fourth-order valence-electron chi connectivity index (χ4n) is 4.01. The fourth-order valence-corrected chi connectivity index (χ4v) is 5.57. The van der Waals surface area contributed by atoms with Gasteiger partial charge in [-0.25, -0.2) is 12.8 Å². The molecule has 0 fully saturated rings. The van der Waals surface area contributed by atoms with Gasteiger partial charge in [0.25, 0.3) is 0 Å². The molecule has 4 rings (SSSR count). The molecule has 0 saturated carbocycles. The van der Waals surface area contributed by atoms with Crippen molar-refractivity contribution >= 4 is 15.5 Å². The second-order valence-electron chi connectivity index (χ2n) is 8.68. The number of nitrogens with zero attached hydrogens (tertiary/aromatic N) is 2. The van der Waals surface area contributed by atoms with E-state index in [9.17, 15) is 12.8 Å². The number of ether oxygens (including phenoxy) is 1. The molecule has 0 atom stereocenters. The van der Waals surface area contributed by atoms with E-state index in [1.807, 2.05) is 31.1 Å². The first-order valence-corrected chi connectivity index (χ1v) is 12.5. The van der Waals surface area contributed by atoms with Gasteiger partial charge in [0.15, 0.2) is 0 Å². The van der Waals surface area contributed by atoms with Crippen LogP contribution in [-0.4, -0.2) is 47.6 Å². The minimum absolute atomic E-state index is 0.252. The summed E-state index contributed by atoms with van der Waals surface area (Å²) in [5.74, 6) is 0.234. The van der Waals surface area contributed by atoms with Crippen molar-refractivity contribution in [3.8, 4) is 5.75 Å². The summed E-state index contributed by atoms with van der Waals surface area (Å²) in [6.07, 6.45) is 1.75. The van der Waals surface area contributed by atoms with Crippen molar-refractivity contribution in [3.05, 3.63) is 83.2 Å². The van der Waals surface area contributed by atoms with Crippen LogP contribution in [-0.2, 0) is 29.3 Å². The van der Waals surface area contributed by atoms with Gasteiger partial charge >= 0.3 is 0 Å². The summed E-state index contributed by atoms with van der Waals surface area (Å²) in [5, 5.41) is 0. The molecular weight excluding hydrogens is 439 g/mol. The number of hydrogen-bond acceptors (Lipinski definition) is 5. The molecule has 1 aliphatic heterocycles. The molecular formula is C26H29FN2O3S. The number of likely N-dealkylation sites (N-methyl/N-ethyl adjacent to an activating group) is 1. The van der Waals surface area contributed by atoms with Crippen LogP contribution in [0.3, 0.4) is 0 Å².